The van der Waals surface area contributed by atoms with Crippen molar-refractivity contribution in [3.8, 4) is 0 Å². The number of esters is 2. The van der Waals surface area contributed by atoms with E-state index >= 15 is 0 Å². The summed E-state index contributed by atoms with van der Waals surface area (Å²) < 4.78 is 10.9. The first-order valence-corrected chi connectivity index (χ1v) is 27.1. The summed E-state index contributed by atoms with van der Waals surface area (Å²) in [6.45, 7) is 16.8. The molecule has 402 valence electrons. The Morgan fingerprint density at radius 1 is 0.566 bits per heavy atom. The van der Waals surface area contributed by atoms with Gasteiger partial charge in [0.15, 0.2) is 0 Å². The number of amides is 2. The third-order valence-corrected chi connectivity index (χ3v) is 14.7. The topological polar surface area (TPSA) is 149 Å². The van der Waals surface area contributed by atoms with Crippen LogP contribution in [0, 0.1) is 5.92 Å². The van der Waals surface area contributed by atoms with E-state index in [0.717, 1.165) is 70.6 Å². The van der Waals surface area contributed by atoms with E-state index in [1.54, 1.807) is 97.1 Å². The number of benzene rings is 6. The van der Waals surface area contributed by atoms with Gasteiger partial charge in [0, 0.05) is 26.1 Å². The average molecular weight is 1030 g/mol. The zero-order valence-corrected chi connectivity index (χ0v) is 44.9. The monoisotopic (exact) mass is 1030 g/mol. The largest absolute Gasteiger partial charge is 0.462 e. The Bertz CT molecular complexity index is 2570. The lowest BCUT2D eigenvalue weighted by Gasteiger charge is -2.45. The fraction of sp³-hybridized carbons (Fsp3) is 0.375. The van der Waals surface area contributed by atoms with Crippen LogP contribution in [0.3, 0.4) is 0 Å². The lowest BCUT2D eigenvalue weighted by molar-refractivity contribution is -0.163. The van der Waals surface area contributed by atoms with Gasteiger partial charge >= 0.3 is 11.9 Å². The Labute approximate surface area is 450 Å². The second kappa shape index (κ2) is 29.5. The predicted molar refractivity (Wildman–Crippen MR) is 299 cm³/mol. The van der Waals surface area contributed by atoms with Crippen LogP contribution in [0.5, 0.6) is 0 Å². The van der Waals surface area contributed by atoms with Gasteiger partial charge in [0.2, 0.25) is 23.0 Å². The van der Waals surface area contributed by atoms with Crippen molar-refractivity contribution < 1.29 is 38.9 Å². The zero-order chi connectivity index (χ0) is 54.2. The molecule has 2 aliphatic rings. The van der Waals surface area contributed by atoms with Gasteiger partial charge in [-0.1, -0.05) is 210 Å². The lowest BCUT2D eigenvalue weighted by Crippen LogP contribution is -2.57. The van der Waals surface area contributed by atoms with E-state index in [1.807, 2.05) is 60.7 Å². The lowest BCUT2D eigenvalue weighted by atomic mass is 9.62. The third kappa shape index (κ3) is 15.0. The first kappa shape index (κ1) is 58.5. The third-order valence-electron chi connectivity index (χ3n) is 14.7. The van der Waals surface area contributed by atoms with Gasteiger partial charge in [0.05, 0.1) is 5.41 Å². The number of likely N-dealkylation sites (N-methyl/N-ethyl adjacent to an activating group) is 2. The van der Waals surface area contributed by atoms with E-state index < -0.39 is 28.6 Å². The molecule has 6 aromatic carbocycles. The molecule has 0 aromatic heterocycles. The number of hydrogen-bond donors (Lipinski definition) is 3. The minimum absolute atomic E-state index is 0.105. The smallest absolute Gasteiger partial charge is 0.347 e. The van der Waals surface area contributed by atoms with Gasteiger partial charge in [0.1, 0.15) is 13.2 Å². The molecule has 2 fully saturated rings. The van der Waals surface area contributed by atoms with Crippen molar-refractivity contribution >= 4 is 23.8 Å². The van der Waals surface area contributed by atoms with E-state index in [-0.39, 0.29) is 30.9 Å². The van der Waals surface area contributed by atoms with Crippen molar-refractivity contribution in [3.63, 3.8) is 0 Å². The molecule has 0 saturated carbocycles. The van der Waals surface area contributed by atoms with Crippen LogP contribution in [-0.2, 0) is 51.8 Å². The van der Waals surface area contributed by atoms with E-state index in [2.05, 4.69) is 72.0 Å². The summed E-state index contributed by atoms with van der Waals surface area (Å²) in [5.41, 5.74) is 0.225. The van der Waals surface area contributed by atoms with Crippen LogP contribution in [0.15, 0.2) is 182 Å². The number of rotatable bonds is 21. The van der Waals surface area contributed by atoms with Crippen LogP contribution in [0.25, 0.3) is 0 Å². The summed E-state index contributed by atoms with van der Waals surface area (Å²) in [4.78, 5) is 57.2. The van der Waals surface area contributed by atoms with Crippen molar-refractivity contribution in [2.45, 2.75) is 83.0 Å². The molecule has 1 atom stereocenters. The number of imide groups is 1. The quantitative estimate of drug-likeness (QED) is 0.0468. The Hall–Kier alpha value is -6.80. The summed E-state index contributed by atoms with van der Waals surface area (Å²) in [5, 5.41) is 25.1. The fourth-order valence-electron chi connectivity index (χ4n) is 10.3. The van der Waals surface area contributed by atoms with Gasteiger partial charge in [-0.25, -0.2) is 9.59 Å². The molecule has 1 unspecified atom stereocenters. The standard InChI is InChI=1S/C23H26N2O2.C21H27NO3.C20H25NO3/c26-21-11-14-23(22(27)24-21,19-9-5-2-6-10-19)20-12-15-25(16-13-20)17-18-7-3-1-4-8-18;1-3-15-22(4-2)16-17-25-20(23)21(24,18-11-7-5-8-12-18)19-13-9-6-10-14-19;1-3-21(4-2)15-16-24-19(22)20(23,17-11-7-5-8-12-17)18-13-9-6-10-14-18/h1-10,20H,11-17H2,(H,24,26,27);5-14,24H,3-4,15-17H2,1-2H3;5-14,23H,3-4,15-16H2,1-2H3. The van der Waals surface area contributed by atoms with Crippen molar-refractivity contribution in [3.05, 3.63) is 215 Å². The summed E-state index contributed by atoms with van der Waals surface area (Å²) in [6, 6.07) is 56.3. The van der Waals surface area contributed by atoms with Crippen molar-refractivity contribution in [2.24, 2.45) is 5.92 Å². The molecular weight excluding hydrogens is 953 g/mol. The van der Waals surface area contributed by atoms with Crippen LogP contribution in [-0.4, -0.2) is 114 Å². The maximum atomic E-state index is 13.1. The number of hydrogen-bond acceptors (Lipinski definition) is 11. The van der Waals surface area contributed by atoms with Crippen molar-refractivity contribution in [2.75, 3.05) is 65.6 Å². The molecular formula is C64H78N4O8. The van der Waals surface area contributed by atoms with Gasteiger partial charge in [-0.15, -0.1) is 0 Å². The van der Waals surface area contributed by atoms with Crippen LogP contribution >= 0.6 is 0 Å². The van der Waals surface area contributed by atoms with E-state index in [0.29, 0.717) is 48.2 Å². The minimum atomic E-state index is -1.80. The van der Waals surface area contributed by atoms with Gasteiger partial charge in [-0.05, 0) is 104 Å². The molecule has 3 N–H and O–H groups in total. The minimum Gasteiger partial charge on any atom is -0.462 e. The molecule has 0 radical (unpaired) electrons. The van der Waals surface area contributed by atoms with E-state index in [9.17, 15) is 29.4 Å². The summed E-state index contributed by atoms with van der Waals surface area (Å²) >= 11 is 0. The summed E-state index contributed by atoms with van der Waals surface area (Å²) in [6.07, 6.45) is 4.04. The fourth-order valence-corrected chi connectivity index (χ4v) is 10.3. The van der Waals surface area contributed by atoms with Crippen LogP contribution in [0.2, 0.25) is 0 Å². The molecule has 2 amide bonds. The second-order valence-electron chi connectivity index (χ2n) is 19.4. The zero-order valence-electron chi connectivity index (χ0n) is 44.9. The van der Waals surface area contributed by atoms with Gasteiger partial charge in [0.25, 0.3) is 0 Å². The molecule has 76 heavy (non-hydrogen) atoms. The Balaban J connectivity index is 0.000000185. The molecule has 6 aromatic rings. The van der Waals surface area contributed by atoms with Gasteiger partial charge in [-0.2, -0.15) is 0 Å². The van der Waals surface area contributed by atoms with Crippen LogP contribution in [0.1, 0.15) is 93.2 Å². The Morgan fingerprint density at radius 3 is 1.33 bits per heavy atom. The second-order valence-corrected chi connectivity index (χ2v) is 19.4. The van der Waals surface area contributed by atoms with Gasteiger partial charge < -0.3 is 29.5 Å². The molecule has 2 heterocycles. The number of nitrogens with one attached hydrogen (secondary N) is 1. The average Bonchev–Trinajstić information content (AvgIpc) is 3.49. The highest BCUT2D eigenvalue weighted by Gasteiger charge is 2.50. The van der Waals surface area contributed by atoms with Crippen LogP contribution in [0.4, 0.5) is 0 Å². The van der Waals surface area contributed by atoms with Crippen LogP contribution < -0.4 is 5.32 Å². The number of nitrogens with zero attached hydrogens (tertiary/aromatic N) is 3. The number of likely N-dealkylation sites (tertiary alicyclic amines) is 1. The first-order valence-electron chi connectivity index (χ1n) is 27.1. The molecule has 0 aliphatic carbocycles. The van der Waals surface area contributed by atoms with E-state index in [1.165, 1.54) is 5.56 Å². The number of piperidine rings is 2. The predicted octanol–water partition coefficient (Wildman–Crippen LogP) is 9.28. The molecule has 8 rings (SSSR count). The number of carbonyl (C=O) groups is 4. The molecule has 0 spiro atoms. The normalized spacial score (nSPS) is 16.2. The number of carbonyl (C=O) groups excluding carboxylic acids is 4. The Kier molecular flexibility index (Phi) is 22.7. The highest BCUT2D eigenvalue weighted by Crippen LogP contribution is 2.44. The molecule has 12 heteroatoms. The number of ether oxygens (including phenoxy) is 2. The molecule has 2 aliphatic heterocycles. The summed E-state index contributed by atoms with van der Waals surface area (Å²) in [7, 11) is 0. The van der Waals surface area contributed by atoms with Gasteiger partial charge in [-0.3, -0.25) is 19.8 Å². The first-order chi connectivity index (χ1) is 36.9. The van der Waals surface area contributed by atoms with Crippen molar-refractivity contribution in [1.82, 2.24) is 20.0 Å². The van der Waals surface area contributed by atoms with E-state index in [4.69, 9.17) is 9.47 Å². The molecule has 2 saturated heterocycles. The highest BCUT2D eigenvalue weighted by atomic mass is 16.6. The SMILES string of the molecule is CCCN(CC)CCOC(=O)C(O)(c1ccccc1)c1ccccc1.CCN(CC)CCOC(=O)C(O)(c1ccccc1)c1ccccc1.O=C1CCC(c2ccccc2)(C2CCN(Cc3ccccc3)CC2)C(=O)N1. The Morgan fingerprint density at radius 2 is 0.947 bits per heavy atom. The van der Waals surface area contributed by atoms with Crippen molar-refractivity contribution in [1.29, 1.82) is 0 Å². The molecule has 0 bridgehead atoms. The highest BCUT2D eigenvalue weighted by molar-refractivity contribution is 6.03. The summed E-state index contributed by atoms with van der Waals surface area (Å²) in [5.74, 6) is -1.27. The maximum absolute atomic E-state index is 13.1. The molecule has 12 nitrogen and oxygen atoms in total. The maximum Gasteiger partial charge on any atom is 0.347 e. The number of aliphatic hydroxyl groups is 2.